The largest absolute Gasteiger partial charge is 0.360 e. The van der Waals surface area contributed by atoms with E-state index < -0.39 is 0 Å². The maximum absolute atomic E-state index is 12.3. The molecule has 0 unspecified atom stereocenters. The van der Waals surface area contributed by atoms with Gasteiger partial charge in [-0.3, -0.25) is 4.79 Å². The molecular weight excluding hydrogens is 258 g/mol. The monoisotopic (exact) mass is 285 g/mol. The highest BCUT2D eigenvalue weighted by atomic mass is 16.1. The van der Waals surface area contributed by atoms with Crippen LogP contribution in [0.25, 0.3) is 10.9 Å². The van der Waals surface area contributed by atoms with Crippen molar-refractivity contribution in [3.05, 3.63) is 35.5 Å². The zero-order chi connectivity index (χ0) is 15.1. The fourth-order valence-electron chi connectivity index (χ4n) is 2.84. The van der Waals surface area contributed by atoms with Gasteiger partial charge in [-0.25, -0.2) is 0 Å². The molecule has 1 heterocycles. The van der Waals surface area contributed by atoms with Gasteiger partial charge in [-0.1, -0.05) is 57.1 Å². The van der Waals surface area contributed by atoms with Crippen LogP contribution in [0.4, 0.5) is 0 Å². The Morgan fingerprint density at radius 1 is 1.05 bits per heavy atom. The molecule has 0 bridgehead atoms. The first-order valence-electron chi connectivity index (χ1n) is 8.33. The molecule has 0 radical (unpaired) electrons. The van der Waals surface area contributed by atoms with Crippen molar-refractivity contribution in [1.29, 1.82) is 0 Å². The first-order valence-corrected chi connectivity index (χ1v) is 8.33. The van der Waals surface area contributed by atoms with Crippen LogP contribution < -0.4 is 0 Å². The summed E-state index contributed by atoms with van der Waals surface area (Å²) in [4.78, 5) is 15.5. The second-order valence-electron chi connectivity index (χ2n) is 6.05. The summed E-state index contributed by atoms with van der Waals surface area (Å²) in [5.74, 6) is 0.278. The molecule has 2 aromatic rings. The second kappa shape index (κ2) is 8.02. The van der Waals surface area contributed by atoms with Crippen LogP contribution in [0.15, 0.2) is 24.4 Å². The minimum Gasteiger partial charge on any atom is -0.360 e. The average molecular weight is 285 g/mol. The Labute approximate surface area is 127 Å². The number of benzene rings is 1. The lowest BCUT2D eigenvalue weighted by Crippen LogP contribution is -1.97. The van der Waals surface area contributed by atoms with E-state index in [2.05, 4.69) is 37.0 Å². The van der Waals surface area contributed by atoms with Crippen molar-refractivity contribution in [3.8, 4) is 0 Å². The molecule has 0 spiro atoms. The predicted octanol–water partition coefficient (Wildman–Crippen LogP) is 5.80. The zero-order valence-electron chi connectivity index (χ0n) is 13.4. The van der Waals surface area contributed by atoms with Crippen molar-refractivity contribution >= 4 is 16.7 Å². The van der Waals surface area contributed by atoms with Gasteiger partial charge in [0, 0.05) is 29.1 Å². The van der Waals surface area contributed by atoms with Gasteiger partial charge >= 0.3 is 0 Å². The molecule has 0 atom stereocenters. The normalized spacial score (nSPS) is 11.1. The van der Waals surface area contributed by atoms with Crippen molar-refractivity contribution in [1.82, 2.24) is 4.98 Å². The number of H-pyrrole nitrogens is 1. The fourth-order valence-corrected chi connectivity index (χ4v) is 2.84. The van der Waals surface area contributed by atoms with Crippen molar-refractivity contribution in [2.75, 3.05) is 0 Å². The summed E-state index contributed by atoms with van der Waals surface area (Å²) < 4.78 is 0. The third-order valence-electron chi connectivity index (χ3n) is 4.15. The number of aryl methyl sites for hydroxylation is 1. The number of rotatable bonds is 9. The molecule has 21 heavy (non-hydrogen) atoms. The molecule has 0 aliphatic heterocycles. The Kier molecular flexibility index (Phi) is 6.04. The Balaban J connectivity index is 1.81. The number of Topliss-reactive ketones (excluding diaryl/α,β-unsaturated/α-hetero) is 1. The fraction of sp³-hybridized carbons (Fsp3) is 0.526. The van der Waals surface area contributed by atoms with Crippen LogP contribution in [0.5, 0.6) is 0 Å². The van der Waals surface area contributed by atoms with E-state index in [9.17, 15) is 4.79 Å². The number of hydrogen-bond acceptors (Lipinski definition) is 1. The van der Waals surface area contributed by atoms with Crippen LogP contribution in [0.1, 0.15) is 74.2 Å². The van der Waals surface area contributed by atoms with Crippen LogP contribution in [-0.2, 0) is 0 Å². The van der Waals surface area contributed by atoms with E-state index in [-0.39, 0.29) is 5.78 Å². The third kappa shape index (κ3) is 4.45. The molecule has 0 aliphatic carbocycles. The van der Waals surface area contributed by atoms with Gasteiger partial charge in [0.2, 0.25) is 0 Å². The number of ketones is 1. The Bertz CT molecular complexity index is 582. The molecular formula is C19H27NO. The SMILES string of the molecule is CCCCCCCCCC(=O)c1c[nH]c2ccc(C)cc12. The van der Waals surface area contributed by atoms with Gasteiger partial charge in [0.25, 0.3) is 0 Å². The van der Waals surface area contributed by atoms with Crippen molar-refractivity contribution in [2.24, 2.45) is 0 Å². The van der Waals surface area contributed by atoms with Crippen LogP contribution in [0.2, 0.25) is 0 Å². The first-order chi connectivity index (χ1) is 10.2. The molecule has 2 nitrogen and oxygen atoms in total. The molecule has 1 N–H and O–H groups in total. The van der Waals surface area contributed by atoms with Gasteiger partial charge in [-0.05, 0) is 25.5 Å². The molecule has 0 fully saturated rings. The Hall–Kier alpha value is -1.57. The maximum atomic E-state index is 12.3. The molecule has 0 saturated heterocycles. The number of carbonyl (C=O) groups excluding carboxylic acids is 1. The summed E-state index contributed by atoms with van der Waals surface area (Å²) in [7, 11) is 0. The van der Waals surface area contributed by atoms with E-state index in [1.54, 1.807) is 0 Å². The number of aromatic nitrogens is 1. The van der Waals surface area contributed by atoms with E-state index in [0.29, 0.717) is 6.42 Å². The van der Waals surface area contributed by atoms with Gasteiger partial charge in [-0.2, -0.15) is 0 Å². The van der Waals surface area contributed by atoms with Gasteiger partial charge in [0.1, 0.15) is 0 Å². The lowest BCUT2D eigenvalue weighted by molar-refractivity contribution is 0.0980. The van der Waals surface area contributed by atoms with E-state index in [4.69, 9.17) is 0 Å². The highest BCUT2D eigenvalue weighted by molar-refractivity contribution is 6.07. The van der Waals surface area contributed by atoms with Gasteiger partial charge in [0.05, 0.1) is 0 Å². The van der Waals surface area contributed by atoms with Crippen LogP contribution >= 0.6 is 0 Å². The first kappa shape index (κ1) is 15.8. The number of hydrogen-bond donors (Lipinski definition) is 1. The number of fused-ring (bicyclic) bond motifs is 1. The van der Waals surface area contributed by atoms with Crippen molar-refractivity contribution in [2.45, 2.75) is 65.2 Å². The number of unbranched alkanes of at least 4 members (excludes halogenated alkanes) is 6. The number of carbonyl (C=O) groups is 1. The molecule has 0 amide bonds. The van der Waals surface area contributed by atoms with Gasteiger partial charge < -0.3 is 4.98 Å². The van der Waals surface area contributed by atoms with Crippen LogP contribution in [0.3, 0.4) is 0 Å². The molecule has 0 aliphatic rings. The summed E-state index contributed by atoms with van der Waals surface area (Å²) >= 11 is 0. The van der Waals surface area contributed by atoms with Crippen molar-refractivity contribution in [3.63, 3.8) is 0 Å². The lowest BCUT2D eigenvalue weighted by atomic mass is 10.0. The summed E-state index contributed by atoms with van der Waals surface area (Å²) in [5, 5.41) is 1.07. The molecule has 0 saturated carbocycles. The quantitative estimate of drug-likeness (QED) is 0.458. The molecule has 1 aromatic heterocycles. The number of aromatic amines is 1. The number of nitrogens with one attached hydrogen (secondary N) is 1. The molecule has 1 aromatic carbocycles. The third-order valence-corrected chi connectivity index (χ3v) is 4.15. The average Bonchev–Trinajstić information content (AvgIpc) is 2.89. The molecule has 2 heteroatoms. The summed E-state index contributed by atoms with van der Waals surface area (Å²) in [6, 6.07) is 6.22. The van der Waals surface area contributed by atoms with Crippen LogP contribution in [-0.4, -0.2) is 10.8 Å². The van der Waals surface area contributed by atoms with Gasteiger partial charge in [0.15, 0.2) is 5.78 Å². The Morgan fingerprint density at radius 2 is 1.76 bits per heavy atom. The highest BCUT2D eigenvalue weighted by Crippen LogP contribution is 2.22. The second-order valence-corrected chi connectivity index (χ2v) is 6.05. The standard InChI is InChI=1S/C19H27NO/c1-3-4-5-6-7-8-9-10-19(21)17-14-20-18-12-11-15(2)13-16(17)18/h11-14,20H,3-10H2,1-2H3. The maximum Gasteiger partial charge on any atom is 0.165 e. The molecule has 2 rings (SSSR count). The smallest absolute Gasteiger partial charge is 0.165 e. The summed E-state index contributed by atoms with van der Waals surface area (Å²) in [6.45, 7) is 4.30. The predicted molar refractivity (Wildman–Crippen MR) is 90.0 cm³/mol. The van der Waals surface area contributed by atoms with E-state index in [1.165, 1.54) is 44.1 Å². The summed E-state index contributed by atoms with van der Waals surface area (Å²) in [6.07, 6.45) is 11.3. The minimum atomic E-state index is 0.278. The minimum absolute atomic E-state index is 0.278. The highest BCUT2D eigenvalue weighted by Gasteiger charge is 2.11. The van der Waals surface area contributed by atoms with Crippen molar-refractivity contribution < 1.29 is 4.79 Å². The van der Waals surface area contributed by atoms with E-state index in [1.807, 2.05) is 6.20 Å². The lowest BCUT2D eigenvalue weighted by Gasteiger charge is -2.02. The summed E-state index contributed by atoms with van der Waals surface area (Å²) in [5.41, 5.74) is 3.12. The van der Waals surface area contributed by atoms with Crippen LogP contribution in [0, 0.1) is 6.92 Å². The van der Waals surface area contributed by atoms with Gasteiger partial charge in [-0.15, -0.1) is 0 Å². The molecule has 114 valence electrons. The topological polar surface area (TPSA) is 32.9 Å². The Morgan fingerprint density at radius 3 is 2.52 bits per heavy atom. The zero-order valence-corrected chi connectivity index (χ0v) is 13.4. The van der Waals surface area contributed by atoms with E-state index >= 15 is 0 Å². The van der Waals surface area contributed by atoms with E-state index in [0.717, 1.165) is 22.9 Å².